The third kappa shape index (κ3) is 7.94. The van der Waals surface area contributed by atoms with Crippen LogP contribution < -0.4 is 11.1 Å². The van der Waals surface area contributed by atoms with Gasteiger partial charge in [0.2, 0.25) is 5.91 Å². The zero-order chi connectivity index (χ0) is 12.1. The molecule has 3 nitrogen and oxygen atoms in total. The van der Waals surface area contributed by atoms with Crippen molar-refractivity contribution in [2.24, 2.45) is 11.1 Å². The maximum atomic E-state index is 11.6. The normalized spacial score (nSPS) is 11.9. The third-order valence-electron chi connectivity index (χ3n) is 2.74. The van der Waals surface area contributed by atoms with Crippen LogP contribution >= 0.6 is 12.4 Å². The number of hydrogen-bond acceptors (Lipinski definition) is 2. The second-order valence-corrected chi connectivity index (χ2v) is 5.58. The Labute approximate surface area is 106 Å². The SMILES string of the molecule is CCC(N)(CC)CNC(=O)CC(C)(C)C.Cl. The summed E-state index contributed by atoms with van der Waals surface area (Å²) in [6, 6.07) is 0. The van der Waals surface area contributed by atoms with Crippen molar-refractivity contribution >= 4 is 18.3 Å². The molecule has 0 bridgehead atoms. The Bertz CT molecular complexity index is 208. The Kier molecular flexibility index (Phi) is 8.06. The Balaban J connectivity index is 0. The van der Waals surface area contributed by atoms with Gasteiger partial charge in [-0.3, -0.25) is 4.79 Å². The van der Waals surface area contributed by atoms with Gasteiger partial charge in [0.05, 0.1) is 0 Å². The fraction of sp³-hybridized carbons (Fsp3) is 0.917. The van der Waals surface area contributed by atoms with E-state index in [9.17, 15) is 4.79 Å². The average Bonchev–Trinajstić information content (AvgIpc) is 2.12. The maximum absolute atomic E-state index is 11.6. The van der Waals surface area contributed by atoms with Gasteiger partial charge in [-0.2, -0.15) is 0 Å². The zero-order valence-corrected chi connectivity index (χ0v) is 12.0. The van der Waals surface area contributed by atoms with E-state index in [1.807, 2.05) is 0 Å². The number of nitrogens with one attached hydrogen (secondary N) is 1. The number of nitrogens with two attached hydrogens (primary N) is 1. The van der Waals surface area contributed by atoms with Crippen molar-refractivity contribution in [2.75, 3.05) is 6.54 Å². The minimum atomic E-state index is -0.243. The van der Waals surface area contributed by atoms with Crippen molar-refractivity contribution in [1.29, 1.82) is 0 Å². The molecule has 0 aromatic heterocycles. The summed E-state index contributed by atoms with van der Waals surface area (Å²) in [5.41, 5.74) is 5.89. The number of hydrogen-bond donors (Lipinski definition) is 2. The molecule has 98 valence electrons. The molecule has 0 aliphatic heterocycles. The molecule has 0 heterocycles. The molecule has 0 aromatic rings. The topological polar surface area (TPSA) is 55.1 Å². The molecule has 0 aliphatic rings. The predicted octanol–water partition coefficient (Wildman–Crippen LogP) is 2.48. The van der Waals surface area contributed by atoms with E-state index in [4.69, 9.17) is 5.73 Å². The fourth-order valence-corrected chi connectivity index (χ4v) is 1.32. The van der Waals surface area contributed by atoms with Gasteiger partial charge in [-0.1, -0.05) is 34.6 Å². The molecule has 0 radical (unpaired) electrons. The van der Waals surface area contributed by atoms with E-state index < -0.39 is 0 Å². The Morgan fingerprint density at radius 2 is 1.62 bits per heavy atom. The first-order chi connectivity index (χ1) is 6.72. The van der Waals surface area contributed by atoms with E-state index >= 15 is 0 Å². The summed E-state index contributed by atoms with van der Waals surface area (Å²) >= 11 is 0. The Morgan fingerprint density at radius 3 is 1.94 bits per heavy atom. The standard InChI is InChI=1S/C12H26N2O.ClH/c1-6-12(13,7-2)9-14-10(15)8-11(3,4)5;/h6-9,13H2,1-5H3,(H,14,15);1H. The van der Waals surface area contributed by atoms with Gasteiger partial charge in [-0.15, -0.1) is 12.4 Å². The number of amides is 1. The summed E-state index contributed by atoms with van der Waals surface area (Å²) in [6.45, 7) is 10.9. The quantitative estimate of drug-likeness (QED) is 0.788. The highest BCUT2D eigenvalue weighted by Gasteiger charge is 2.22. The van der Waals surface area contributed by atoms with Gasteiger partial charge in [0.15, 0.2) is 0 Å². The largest absolute Gasteiger partial charge is 0.354 e. The van der Waals surface area contributed by atoms with Crippen LogP contribution in [0.2, 0.25) is 0 Å². The highest BCUT2D eigenvalue weighted by Crippen LogP contribution is 2.18. The number of carbonyl (C=O) groups is 1. The van der Waals surface area contributed by atoms with Gasteiger partial charge < -0.3 is 11.1 Å². The van der Waals surface area contributed by atoms with Gasteiger partial charge in [0.1, 0.15) is 0 Å². The number of rotatable bonds is 5. The van der Waals surface area contributed by atoms with Crippen molar-refractivity contribution in [2.45, 2.75) is 59.4 Å². The lowest BCUT2D eigenvalue weighted by molar-refractivity contribution is -0.123. The highest BCUT2D eigenvalue weighted by atomic mass is 35.5. The van der Waals surface area contributed by atoms with Crippen LogP contribution in [0.4, 0.5) is 0 Å². The molecule has 0 saturated carbocycles. The average molecular weight is 251 g/mol. The number of halogens is 1. The van der Waals surface area contributed by atoms with Crippen molar-refractivity contribution in [1.82, 2.24) is 5.32 Å². The molecular weight excluding hydrogens is 224 g/mol. The molecule has 0 fully saturated rings. The summed E-state index contributed by atoms with van der Waals surface area (Å²) < 4.78 is 0. The summed E-state index contributed by atoms with van der Waals surface area (Å²) in [5.74, 6) is 0.0965. The number of carbonyl (C=O) groups excluding carboxylic acids is 1. The molecule has 0 saturated heterocycles. The first-order valence-corrected chi connectivity index (χ1v) is 5.78. The monoisotopic (exact) mass is 250 g/mol. The lowest BCUT2D eigenvalue weighted by Crippen LogP contribution is -2.49. The zero-order valence-electron chi connectivity index (χ0n) is 11.2. The van der Waals surface area contributed by atoms with Crippen LogP contribution in [0.3, 0.4) is 0 Å². The van der Waals surface area contributed by atoms with E-state index in [2.05, 4.69) is 39.9 Å². The first kappa shape index (κ1) is 18.1. The lowest BCUT2D eigenvalue weighted by atomic mass is 9.91. The second kappa shape index (κ2) is 7.13. The molecule has 0 aromatic carbocycles. The molecule has 0 spiro atoms. The van der Waals surface area contributed by atoms with E-state index in [0.29, 0.717) is 13.0 Å². The van der Waals surface area contributed by atoms with E-state index in [1.165, 1.54) is 0 Å². The van der Waals surface area contributed by atoms with Crippen molar-refractivity contribution < 1.29 is 4.79 Å². The van der Waals surface area contributed by atoms with Crippen molar-refractivity contribution in [3.05, 3.63) is 0 Å². The second-order valence-electron chi connectivity index (χ2n) is 5.58. The van der Waals surface area contributed by atoms with Crippen LogP contribution in [0.1, 0.15) is 53.9 Å². The fourth-order valence-electron chi connectivity index (χ4n) is 1.32. The van der Waals surface area contributed by atoms with Crippen LogP contribution in [-0.4, -0.2) is 18.0 Å². The van der Waals surface area contributed by atoms with Gasteiger partial charge in [-0.25, -0.2) is 0 Å². The van der Waals surface area contributed by atoms with Gasteiger partial charge >= 0.3 is 0 Å². The minimum Gasteiger partial charge on any atom is -0.354 e. The van der Waals surface area contributed by atoms with E-state index in [0.717, 1.165) is 12.8 Å². The first-order valence-electron chi connectivity index (χ1n) is 5.78. The molecule has 1 amide bonds. The van der Waals surface area contributed by atoms with E-state index in [-0.39, 0.29) is 29.3 Å². The molecule has 16 heavy (non-hydrogen) atoms. The summed E-state index contributed by atoms with van der Waals surface area (Å²) in [7, 11) is 0. The van der Waals surface area contributed by atoms with Crippen LogP contribution in [-0.2, 0) is 4.79 Å². The summed E-state index contributed by atoms with van der Waals surface area (Å²) in [5, 5.41) is 2.92. The smallest absolute Gasteiger partial charge is 0.220 e. The van der Waals surface area contributed by atoms with Gasteiger partial charge in [0, 0.05) is 18.5 Å². The van der Waals surface area contributed by atoms with Crippen LogP contribution in [0.25, 0.3) is 0 Å². The Morgan fingerprint density at radius 1 is 1.19 bits per heavy atom. The van der Waals surface area contributed by atoms with Gasteiger partial charge in [0.25, 0.3) is 0 Å². The molecule has 0 atom stereocenters. The van der Waals surface area contributed by atoms with Crippen molar-refractivity contribution in [3.8, 4) is 0 Å². The summed E-state index contributed by atoms with van der Waals surface area (Å²) in [6.07, 6.45) is 2.33. The molecule has 0 aliphatic carbocycles. The van der Waals surface area contributed by atoms with Crippen LogP contribution in [0.15, 0.2) is 0 Å². The minimum absolute atomic E-state index is 0. The molecular formula is C12H27ClN2O. The molecule has 3 N–H and O–H groups in total. The van der Waals surface area contributed by atoms with Crippen molar-refractivity contribution in [3.63, 3.8) is 0 Å². The lowest BCUT2D eigenvalue weighted by Gasteiger charge is -2.27. The predicted molar refractivity (Wildman–Crippen MR) is 71.8 cm³/mol. The van der Waals surface area contributed by atoms with Gasteiger partial charge in [-0.05, 0) is 18.3 Å². The Hall–Kier alpha value is -0.280. The highest BCUT2D eigenvalue weighted by molar-refractivity contribution is 5.85. The molecule has 0 rings (SSSR count). The maximum Gasteiger partial charge on any atom is 0.220 e. The van der Waals surface area contributed by atoms with Crippen LogP contribution in [0, 0.1) is 5.41 Å². The molecule has 4 heteroatoms. The van der Waals surface area contributed by atoms with E-state index in [1.54, 1.807) is 0 Å². The molecule has 0 unspecified atom stereocenters. The summed E-state index contributed by atoms with van der Waals surface area (Å²) in [4.78, 5) is 11.6. The van der Waals surface area contributed by atoms with Crippen LogP contribution in [0.5, 0.6) is 0 Å². The third-order valence-corrected chi connectivity index (χ3v) is 2.74.